The molecule has 8 nitrogen and oxygen atoms in total. The molecule has 0 N–H and O–H groups in total. The lowest BCUT2D eigenvalue weighted by Gasteiger charge is -2.40. The fourth-order valence-electron chi connectivity index (χ4n) is 3.36. The van der Waals surface area contributed by atoms with Crippen LogP contribution in [0.2, 0.25) is 0 Å². The van der Waals surface area contributed by atoms with Crippen molar-refractivity contribution in [1.29, 1.82) is 0 Å². The number of piperazine rings is 1. The van der Waals surface area contributed by atoms with E-state index in [-0.39, 0.29) is 18.0 Å². The Hall–Kier alpha value is -1.51. The number of ether oxygens (including phenoxy) is 1. The molecule has 0 aliphatic carbocycles. The molecule has 0 bridgehead atoms. The molecule has 1 amide bonds. The molecular formula is C16H27N5O3. The number of aromatic nitrogens is 2. The summed E-state index contributed by atoms with van der Waals surface area (Å²) < 4.78 is 10.6. The molecule has 2 unspecified atom stereocenters. The third-order valence-electron chi connectivity index (χ3n) is 5.03. The maximum Gasteiger partial charge on any atom is 0.243 e. The van der Waals surface area contributed by atoms with Crippen LogP contribution in [0.5, 0.6) is 0 Å². The van der Waals surface area contributed by atoms with Crippen molar-refractivity contribution in [3.05, 3.63) is 11.7 Å². The molecule has 3 heterocycles. The Morgan fingerprint density at radius 3 is 2.25 bits per heavy atom. The number of hydrogen-bond donors (Lipinski definition) is 0. The Morgan fingerprint density at radius 1 is 1.04 bits per heavy atom. The van der Waals surface area contributed by atoms with Crippen LogP contribution in [0.3, 0.4) is 0 Å². The van der Waals surface area contributed by atoms with Crippen molar-refractivity contribution in [3.8, 4) is 0 Å². The Balaban J connectivity index is 1.51. The summed E-state index contributed by atoms with van der Waals surface area (Å²) in [6.07, 6.45) is 0. The average Bonchev–Trinajstić information content (AvgIpc) is 3.07. The maximum atomic E-state index is 12.6. The van der Waals surface area contributed by atoms with Crippen molar-refractivity contribution in [2.45, 2.75) is 32.9 Å². The summed E-state index contributed by atoms with van der Waals surface area (Å²) in [6.45, 7) is 12.2. The predicted octanol–water partition coefficient (Wildman–Crippen LogP) is 0.304. The number of carbonyl (C=O) groups excluding carboxylic acids is 1. The fourth-order valence-corrected chi connectivity index (χ4v) is 3.36. The second-order valence-corrected chi connectivity index (χ2v) is 6.54. The third kappa shape index (κ3) is 3.76. The van der Waals surface area contributed by atoms with Gasteiger partial charge in [0.05, 0.1) is 25.3 Å². The Labute approximate surface area is 142 Å². The first-order chi connectivity index (χ1) is 11.6. The molecule has 2 aliphatic heterocycles. The van der Waals surface area contributed by atoms with Crippen LogP contribution in [0.25, 0.3) is 0 Å². The number of hydrogen-bond acceptors (Lipinski definition) is 7. The topological polar surface area (TPSA) is 74.9 Å². The number of amides is 1. The second-order valence-electron chi connectivity index (χ2n) is 6.54. The first-order valence-corrected chi connectivity index (χ1v) is 8.71. The van der Waals surface area contributed by atoms with Gasteiger partial charge in [0.25, 0.3) is 0 Å². The highest BCUT2D eigenvalue weighted by molar-refractivity contribution is 5.81. The lowest BCUT2D eigenvalue weighted by Crippen LogP contribution is -2.56. The highest BCUT2D eigenvalue weighted by atomic mass is 16.5. The second kappa shape index (κ2) is 7.58. The summed E-state index contributed by atoms with van der Waals surface area (Å²) >= 11 is 0. The van der Waals surface area contributed by atoms with Gasteiger partial charge in [0.1, 0.15) is 0 Å². The van der Waals surface area contributed by atoms with Crippen LogP contribution < -0.4 is 0 Å². The number of carbonyl (C=O) groups is 1. The third-order valence-corrected chi connectivity index (χ3v) is 5.03. The summed E-state index contributed by atoms with van der Waals surface area (Å²) in [4.78, 5) is 23.5. The van der Waals surface area contributed by atoms with Crippen molar-refractivity contribution < 1.29 is 14.1 Å². The number of aryl methyl sites for hydroxylation is 1. The fraction of sp³-hybridized carbons (Fsp3) is 0.812. The molecule has 8 heteroatoms. The van der Waals surface area contributed by atoms with Gasteiger partial charge in [0.15, 0.2) is 5.82 Å². The summed E-state index contributed by atoms with van der Waals surface area (Å²) in [5.74, 6) is 1.55. The number of rotatable bonds is 4. The van der Waals surface area contributed by atoms with Gasteiger partial charge in [-0.15, -0.1) is 0 Å². The Kier molecular flexibility index (Phi) is 5.47. The van der Waals surface area contributed by atoms with E-state index in [0.717, 1.165) is 26.2 Å². The molecule has 2 atom stereocenters. The van der Waals surface area contributed by atoms with Gasteiger partial charge >= 0.3 is 0 Å². The van der Waals surface area contributed by atoms with Crippen molar-refractivity contribution in [1.82, 2.24) is 24.8 Å². The molecule has 24 heavy (non-hydrogen) atoms. The van der Waals surface area contributed by atoms with Crippen LogP contribution in [-0.2, 0) is 9.53 Å². The summed E-state index contributed by atoms with van der Waals surface area (Å²) in [5, 5.41) is 3.87. The predicted molar refractivity (Wildman–Crippen MR) is 87.5 cm³/mol. The maximum absolute atomic E-state index is 12.6. The molecule has 2 fully saturated rings. The Morgan fingerprint density at radius 2 is 1.67 bits per heavy atom. The van der Waals surface area contributed by atoms with E-state index >= 15 is 0 Å². The smallest absolute Gasteiger partial charge is 0.243 e. The van der Waals surface area contributed by atoms with Gasteiger partial charge in [-0.2, -0.15) is 4.98 Å². The normalized spacial score (nSPS) is 23.2. The largest absolute Gasteiger partial charge is 0.378 e. The first-order valence-electron chi connectivity index (χ1n) is 8.71. The van der Waals surface area contributed by atoms with Crippen molar-refractivity contribution in [2.24, 2.45) is 0 Å². The van der Waals surface area contributed by atoms with Crippen LogP contribution in [0.15, 0.2) is 4.52 Å². The van der Waals surface area contributed by atoms with Gasteiger partial charge in [-0.05, 0) is 20.8 Å². The van der Waals surface area contributed by atoms with Gasteiger partial charge in [0, 0.05) is 39.3 Å². The van der Waals surface area contributed by atoms with E-state index in [9.17, 15) is 4.79 Å². The first kappa shape index (κ1) is 17.3. The van der Waals surface area contributed by atoms with E-state index in [4.69, 9.17) is 9.26 Å². The van der Waals surface area contributed by atoms with E-state index in [2.05, 4.69) is 26.9 Å². The van der Waals surface area contributed by atoms with Crippen LogP contribution in [0.1, 0.15) is 31.6 Å². The molecule has 0 radical (unpaired) electrons. The monoisotopic (exact) mass is 337 g/mol. The van der Waals surface area contributed by atoms with Crippen molar-refractivity contribution in [2.75, 3.05) is 52.5 Å². The van der Waals surface area contributed by atoms with Crippen LogP contribution in [0.4, 0.5) is 0 Å². The van der Waals surface area contributed by atoms with E-state index in [1.165, 1.54) is 0 Å². The molecule has 134 valence electrons. The van der Waals surface area contributed by atoms with Gasteiger partial charge in [-0.3, -0.25) is 14.6 Å². The molecule has 0 saturated carbocycles. The summed E-state index contributed by atoms with van der Waals surface area (Å²) in [5.41, 5.74) is 0. The van der Waals surface area contributed by atoms with E-state index in [1.807, 2.05) is 18.7 Å². The van der Waals surface area contributed by atoms with E-state index in [0.29, 0.717) is 38.0 Å². The lowest BCUT2D eigenvalue weighted by molar-refractivity contribution is -0.141. The molecule has 2 aliphatic rings. The van der Waals surface area contributed by atoms with Gasteiger partial charge in [0.2, 0.25) is 11.8 Å². The molecule has 0 spiro atoms. The van der Waals surface area contributed by atoms with E-state index < -0.39 is 0 Å². The molecule has 3 rings (SSSR count). The minimum Gasteiger partial charge on any atom is -0.378 e. The summed E-state index contributed by atoms with van der Waals surface area (Å²) in [6, 6.07) is 0.0322. The van der Waals surface area contributed by atoms with Crippen molar-refractivity contribution >= 4 is 5.91 Å². The van der Waals surface area contributed by atoms with Gasteiger partial charge in [-0.25, -0.2) is 0 Å². The zero-order chi connectivity index (χ0) is 17.1. The van der Waals surface area contributed by atoms with E-state index in [1.54, 1.807) is 0 Å². The Bertz CT molecular complexity index is 550. The zero-order valence-corrected chi connectivity index (χ0v) is 14.8. The minimum atomic E-state index is -0.0776. The summed E-state index contributed by atoms with van der Waals surface area (Å²) in [7, 11) is 0. The van der Waals surface area contributed by atoms with Crippen LogP contribution in [0, 0.1) is 6.92 Å². The average molecular weight is 337 g/mol. The molecular weight excluding hydrogens is 310 g/mol. The quantitative estimate of drug-likeness (QED) is 0.782. The SMILES string of the molecule is Cc1noc(C(C)N2CCN(C(C)C(=O)N3CCOCC3)CC2)n1. The van der Waals surface area contributed by atoms with Gasteiger partial charge in [-0.1, -0.05) is 5.16 Å². The molecule has 1 aromatic heterocycles. The molecule has 1 aromatic rings. The van der Waals surface area contributed by atoms with Crippen molar-refractivity contribution in [3.63, 3.8) is 0 Å². The number of morpholine rings is 1. The number of nitrogens with zero attached hydrogens (tertiary/aromatic N) is 5. The molecule has 0 aromatic carbocycles. The molecule has 2 saturated heterocycles. The highest BCUT2D eigenvalue weighted by Gasteiger charge is 2.31. The van der Waals surface area contributed by atoms with Crippen LogP contribution >= 0.6 is 0 Å². The van der Waals surface area contributed by atoms with Crippen LogP contribution in [-0.4, -0.2) is 89.3 Å². The minimum absolute atomic E-state index is 0.0776. The lowest BCUT2D eigenvalue weighted by atomic mass is 10.1. The van der Waals surface area contributed by atoms with Gasteiger partial charge < -0.3 is 14.2 Å². The highest BCUT2D eigenvalue weighted by Crippen LogP contribution is 2.21. The standard InChI is InChI=1S/C16H27N5O3/c1-12(15-17-14(3)18-24-15)19-4-6-20(7-5-19)13(2)16(22)21-8-10-23-11-9-21/h12-13H,4-11H2,1-3H3. The zero-order valence-electron chi connectivity index (χ0n) is 14.8.